The molecule has 0 radical (unpaired) electrons. The summed E-state index contributed by atoms with van der Waals surface area (Å²) in [5.74, 6) is 1.62. The van der Waals surface area contributed by atoms with Gasteiger partial charge in [0.15, 0.2) is 0 Å². The van der Waals surface area contributed by atoms with E-state index in [9.17, 15) is 0 Å². The van der Waals surface area contributed by atoms with Crippen molar-refractivity contribution in [1.82, 2.24) is 0 Å². The summed E-state index contributed by atoms with van der Waals surface area (Å²) < 4.78 is 5.96. The van der Waals surface area contributed by atoms with Crippen molar-refractivity contribution in [2.75, 3.05) is 5.73 Å². The number of ether oxygens (including phenoxy) is 1. The van der Waals surface area contributed by atoms with E-state index < -0.39 is 0 Å². The summed E-state index contributed by atoms with van der Waals surface area (Å²) in [5, 5.41) is 0. The molecular formula is C30H25NO. The standard InChI is InChI=1S/C18H15NO.C12H10/c19-15-10-12-16(13-11-15)20-18-9-5-4-8-17(18)14-6-2-1-3-7-14;1-3-7-11(8-4-1)12-9-5-2-6-10-12/h1-13H,19H2;1-10H. The Bertz CT molecular complexity index is 1180. The number of hydrogen-bond acceptors (Lipinski definition) is 2. The third-order valence-electron chi connectivity index (χ3n) is 4.96. The maximum Gasteiger partial charge on any atom is 0.135 e. The Hall–Kier alpha value is -4.30. The molecule has 32 heavy (non-hydrogen) atoms. The lowest BCUT2D eigenvalue weighted by Crippen LogP contribution is -1.89. The summed E-state index contributed by atoms with van der Waals surface area (Å²) in [4.78, 5) is 0. The zero-order valence-corrected chi connectivity index (χ0v) is 17.8. The first-order chi connectivity index (χ1) is 15.8. The Kier molecular flexibility index (Phi) is 6.97. The fourth-order valence-electron chi connectivity index (χ4n) is 3.34. The molecule has 0 aromatic heterocycles. The van der Waals surface area contributed by atoms with Gasteiger partial charge in [-0.2, -0.15) is 0 Å². The monoisotopic (exact) mass is 415 g/mol. The van der Waals surface area contributed by atoms with Gasteiger partial charge in [0, 0.05) is 11.3 Å². The first kappa shape index (κ1) is 21.0. The van der Waals surface area contributed by atoms with E-state index in [1.54, 1.807) is 0 Å². The van der Waals surface area contributed by atoms with Crippen LogP contribution in [0.15, 0.2) is 140 Å². The van der Waals surface area contributed by atoms with Gasteiger partial charge in [-0.1, -0.05) is 109 Å². The molecule has 0 saturated carbocycles. The summed E-state index contributed by atoms with van der Waals surface area (Å²) in [6, 6.07) is 46.4. The fourth-order valence-corrected chi connectivity index (χ4v) is 3.34. The molecule has 5 aromatic rings. The first-order valence-corrected chi connectivity index (χ1v) is 10.6. The Morgan fingerprint density at radius 2 is 0.844 bits per heavy atom. The highest BCUT2D eigenvalue weighted by Crippen LogP contribution is 2.33. The van der Waals surface area contributed by atoms with Gasteiger partial charge in [-0.3, -0.25) is 0 Å². The average molecular weight is 416 g/mol. The van der Waals surface area contributed by atoms with Crippen molar-refractivity contribution in [2.45, 2.75) is 0 Å². The molecule has 2 heteroatoms. The van der Waals surface area contributed by atoms with Crippen LogP contribution < -0.4 is 10.5 Å². The molecule has 0 aliphatic carbocycles. The number of hydrogen-bond donors (Lipinski definition) is 1. The molecule has 0 atom stereocenters. The topological polar surface area (TPSA) is 35.2 Å². The van der Waals surface area contributed by atoms with Gasteiger partial charge in [0.05, 0.1) is 0 Å². The second-order valence-corrected chi connectivity index (χ2v) is 7.27. The second kappa shape index (κ2) is 10.6. The number of nitrogen functional groups attached to an aromatic ring is 1. The van der Waals surface area contributed by atoms with Crippen LogP contribution in [0.1, 0.15) is 0 Å². The van der Waals surface area contributed by atoms with Crippen LogP contribution in [-0.2, 0) is 0 Å². The lowest BCUT2D eigenvalue weighted by atomic mass is 10.1. The van der Waals surface area contributed by atoms with Crippen LogP contribution in [0.25, 0.3) is 22.3 Å². The van der Waals surface area contributed by atoms with Crippen molar-refractivity contribution in [3.05, 3.63) is 140 Å². The van der Waals surface area contributed by atoms with Gasteiger partial charge >= 0.3 is 0 Å². The molecule has 0 unspecified atom stereocenters. The van der Waals surface area contributed by atoms with E-state index in [0.717, 1.165) is 28.3 Å². The molecule has 0 aliphatic heterocycles. The van der Waals surface area contributed by atoms with E-state index in [0.29, 0.717) is 0 Å². The van der Waals surface area contributed by atoms with Gasteiger partial charge in [0.2, 0.25) is 0 Å². The van der Waals surface area contributed by atoms with Gasteiger partial charge in [-0.25, -0.2) is 0 Å². The van der Waals surface area contributed by atoms with Gasteiger partial charge in [0.1, 0.15) is 11.5 Å². The summed E-state index contributed by atoms with van der Waals surface area (Å²) in [7, 11) is 0. The fraction of sp³-hybridized carbons (Fsp3) is 0. The van der Waals surface area contributed by atoms with Crippen molar-refractivity contribution in [3.8, 4) is 33.8 Å². The van der Waals surface area contributed by atoms with E-state index in [1.165, 1.54) is 11.1 Å². The highest BCUT2D eigenvalue weighted by atomic mass is 16.5. The minimum atomic E-state index is 0.730. The van der Waals surface area contributed by atoms with E-state index in [4.69, 9.17) is 10.5 Å². The molecule has 0 heterocycles. The number of para-hydroxylation sites is 1. The number of rotatable bonds is 4. The Morgan fingerprint density at radius 1 is 0.406 bits per heavy atom. The maximum absolute atomic E-state index is 5.96. The van der Waals surface area contributed by atoms with Crippen LogP contribution in [-0.4, -0.2) is 0 Å². The summed E-state index contributed by atoms with van der Waals surface area (Å²) in [6.07, 6.45) is 0. The normalized spacial score (nSPS) is 10.0. The highest BCUT2D eigenvalue weighted by Gasteiger charge is 2.06. The Labute approximate surface area is 189 Å². The van der Waals surface area contributed by atoms with E-state index in [-0.39, 0.29) is 0 Å². The highest BCUT2D eigenvalue weighted by molar-refractivity contribution is 5.70. The lowest BCUT2D eigenvalue weighted by Gasteiger charge is -2.11. The molecule has 5 aromatic carbocycles. The van der Waals surface area contributed by atoms with Crippen LogP contribution in [0, 0.1) is 0 Å². The molecule has 0 bridgehead atoms. The number of nitrogens with two attached hydrogens (primary N) is 1. The number of anilines is 1. The zero-order chi connectivity index (χ0) is 22.0. The molecule has 0 fully saturated rings. The Morgan fingerprint density at radius 3 is 1.38 bits per heavy atom. The minimum Gasteiger partial charge on any atom is -0.457 e. The minimum absolute atomic E-state index is 0.730. The molecule has 0 aliphatic rings. The maximum atomic E-state index is 5.96. The molecule has 2 N–H and O–H groups in total. The van der Waals surface area contributed by atoms with Gasteiger partial charge in [-0.15, -0.1) is 0 Å². The summed E-state index contributed by atoms with van der Waals surface area (Å²) >= 11 is 0. The quantitative estimate of drug-likeness (QED) is 0.301. The Balaban J connectivity index is 0.000000174. The molecule has 0 amide bonds. The molecule has 2 nitrogen and oxygen atoms in total. The van der Waals surface area contributed by atoms with Crippen LogP contribution in [0.3, 0.4) is 0 Å². The molecule has 0 saturated heterocycles. The predicted octanol–water partition coefficient (Wildman–Crippen LogP) is 8.08. The van der Waals surface area contributed by atoms with E-state index >= 15 is 0 Å². The molecule has 5 rings (SSSR count). The van der Waals surface area contributed by atoms with Gasteiger partial charge in [0.25, 0.3) is 0 Å². The SMILES string of the molecule is Nc1ccc(Oc2ccccc2-c2ccccc2)cc1.c1ccc(-c2ccccc2)cc1. The molecule has 0 spiro atoms. The summed E-state index contributed by atoms with van der Waals surface area (Å²) in [5.41, 5.74) is 11.2. The van der Waals surface area contributed by atoms with Gasteiger partial charge < -0.3 is 10.5 Å². The predicted molar refractivity (Wildman–Crippen MR) is 135 cm³/mol. The van der Waals surface area contributed by atoms with Crippen molar-refractivity contribution in [3.63, 3.8) is 0 Å². The molecular weight excluding hydrogens is 390 g/mol. The van der Waals surface area contributed by atoms with Crippen molar-refractivity contribution in [2.24, 2.45) is 0 Å². The van der Waals surface area contributed by atoms with Gasteiger partial charge in [-0.05, 0) is 47.0 Å². The van der Waals surface area contributed by atoms with E-state index in [2.05, 4.69) is 66.7 Å². The van der Waals surface area contributed by atoms with Crippen LogP contribution >= 0.6 is 0 Å². The van der Waals surface area contributed by atoms with Crippen molar-refractivity contribution in [1.29, 1.82) is 0 Å². The average Bonchev–Trinajstić information content (AvgIpc) is 2.88. The third kappa shape index (κ3) is 5.65. The van der Waals surface area contributed by atoms with Crippen molar-refractivity contribution >= 4 is 5.69 Å². The van der Waals surface area contributed by atoms with Crippen LogP contribution in [0.4, 0.5) is 5.69 Å². The van der Waals surface area contributed by atoms with Crippen LogP contribution in [0.2, 0.25) is 0 Å². The van der Waals surface area contributed by atoms with Crippen LogP contribution in [0.5, 0.6) is 11.5 Å². The second-order valence-electron chi connectivity index (χ2n) is 7.27. The van der Waals surface area contributed by atoms with Crippen molar-refractivity contribution < 1.29 is 4.74 Å². The molecule has 156 valence electrons. The largest absolute Gasteiger partial charge is 0.457 e. The smallest absolute Gasteiger partial charge is 0.135 e. The third-order valence-corrected chi connectivity index (χ3v) is 4.96. The summed E-state index contributed by atoms with van der Waals surface area (Å²) in [6.45, 7) is 0. The number of benzene rings is 5. The first-order valence-electron chi connectivity index (χ1n) is 10.6. The zero-order valence-electron chi connectivity index (χ0n) is 17.8. The van der Waals surface area contributed by atoms with E-state index in [1.807, 2.05) is 72.8 Å². The lowest BCUT2D eigenvalue weighted by molar-refractivity contribution is 0.484.